The average molecular weight is 427 g/mol. The molecule has 1 aliphatic heterocycles. The van der Waals surface area contributed by atoms with Crippen molar-refractivity contribution in [1.82, 2.24) is 19.7 Å². The van der Waals surface area contributed by atoms with E-state index in [-0.39, 0.29) is 16.8 Å². The Labute approximate surface area is 178 Å². The molecular weight excluding hydrogens is 410 g/mol. The van der Waals surface area contributed by atoms with Crippen LogP contribution in [0.25, 0.3) is 22.0 Å². The van der Waals surface area contributed by atoms with Crippen molar-refractivity contribution >= 4 is 28.4 Å². The minimum atomic E-state index is -2.29. The Hall–Kier alpha value is -3.32. The van der Waals surface area contributed by atoms with Crippen molar-refractivity contribution in [2.24, 2.45) is 7.05 Å². The Kier molecular flexibility index (Phi) is 3.78. The minimum absolute atomic E-state index is 0.0691. The lowest BCUT2D eigenvalue weighted by Gasteiger charge is -2.17. The zero-order valence-corrected chi connectivity index (χ0v) is 16.4. The topological polar surface area (TPSA) is 51.0 Å². The van der Waals surface area contributed by atoms with Gasteiger partial charge in [-0.2, -0.15) is 5.10 Å². The summed E-state index contributed by atoms with van der Waals surface area (Å²) >= 11 is 6.17. The first-order valence-electron chi connectivity index (χ1n) is 10.1. The van der Waals surface area contributed by atoms with Crippen LogP contribution in [0, 0.1) is 11.6 Å². The van der Waals surface area contributed by atoms with Gasteiger partial charge in [-0.15, -0.1) is 0 Å². The molecule has 0 bridgehead atoms. The normalized spacial score (nSPS) is 16.0. The smallest absolute Gasteiger partial charge is 0.256 e. The predicted molar refractivity (Wildman–Crippen MR) is 109 cm³/mol. The van der Waals surface area contributed by atoms with E-state index in [2.05, 4.69) is 10.1 Å². The number of amides is 1. The number of carbonyl (C=O) groups is 1. The molecule has 0 saturated carbocycles. The second-order valence-electron chi connectivity index (χ2n) is 7.01. The number of hydrogen-bond acceptors (Lipinski definition) is 3. The van der Waals surface area contributed by atoms with E-state index in [1.807, 2.05) is 0 Å². The summed E-state index contributed by atoms with van der Waals surface area (Å²) in [7, 11) is 1.73. The van der Waals surface area contributed by atoms with Crippen LogP contribution in [0.2, 0.25) is 5.02 Å². The van der Waals surface area contributed by atoms with E-state index in [9.17, 15) is 4.79 Å². The summed E-state index contributed by atoms with van der Waals surface area (Å²) < 4.78 is 48.3. The molecule has 0 spiro atoms. The van der Waals surface area contributed by atoms with E-state index in [4.69, 9.17) is 14.3 Å². The van der Waals surface area contributed by atoms with Crippen LogP contribution in [0.4, 0.5) is 8.78 Å². The molecule has 2 aromatic carbocycles. The van der Waals surface area contributed by atoms with Crippen molar-refractivity contribution in [3.8, 4) is 11.1 Å². The van der Waals surface area contributed by atoms with Gasteiger partial charge in [0.1, 0.15) is 11.6 Å². The summed E-state index contributed by atoms with van der Waals surface area (Å²) in [6.45, 7) is -2.88. The predicted octanol–water partition coefficient (Wildman–Crippen LogP) is 4.72. The third kappa shape index (κ3) is 3.02. The van der Waals surface area contributed by atoms with Crippen LogP contribution >= 0.6 is 11.6 Å². The number of fused-ring (bicyclic) bond motifs is 2. The standard InChI is InChI=1S/C22H15ClF2N4O/c1-28-9-16-15(7-13(23)8-20(16)27-28)12-5-18(24)17(19(25)6-12)10-29-11-21-14(22(29)30)3-2-4-26-21/h2-9H,10-11H2,1H3/i11D2. The number of rotatable bonds is 3. The van der Waals surface area contributed by atoms with Gasteiger partial charge in [-0.1, -0.05) is 11.6 Å². The molecule has 5 rings (SSSR count). The maximum absolute atomic E-state index is 15.1. The summed E-state index contributed by atoms with van der Waals surface area (Å²) in [5.41, 5.74) is 0.941. The number of aromatic nitrogens is 3. The summed E-state index contributed by atoms with van der Waals surface area (Å²) in [6.07, 6.45) is 3.10. The van der Waals surface area contributed by atoms with Gasteiger partial charge in [0.05, 0.1) is 32.6 Å². The van der Waals surface area contributed by atoms with Crippen molar-refractivity contribution in [2.75, 3.05) is 0 Å². The van der Waals surface area contributed by atoms with Gasteiger partial charge in [-0.3, -0.25) is 14.5 Å². The maximum Gasteiger partial charge on any atom is 0.256 e. The van der Waals surface area contributed by atoms with Crippen LogP contribution in [0.15, 0.2) is 48.8 Å². The van der Waals surface area contributed by atoms with E-state index < -0.39 is 36.1 Å². The minimum Gasteiger partial charge on any atom is -0.328 e. The lowest BCUT2D eigenvalue weighted by atomic mass is 9.99. The average Bonchev–Trinajstić information content (AvgIpc) is 3.19. The van der Waals surface area contributed by atoms with Gasteiger partial charge < -0.3 is 4.90 Å². The van der Waals surface area contributed by atoms with Gasteiger partial charge in [0.2, 0.25) is 0 Å². The highest BCUT2D eigenvalue weighted by molar-refractivity contribution is 6.31. The molecule has 3 heterocycles. The molecule has 4 aromatic rings. The number of halogens is 3. The molecule has 8 heteroatoms. The number of benzene rings is 2. The molecule has 2 aromatic heterocycles. The highest BCUT2D eigenvalue weighted by Crippen LogP contribution is 2.34. The van der Waals surface area contributed by atoms with Crippen molar-refractivity contribution in [2.45, 2.75) is 13.0 Å². The summed E-state index contributed by atoms with van der Waals surface area (Å²) in [6, 6.07) is 8.52. The second-order valence-corrected chi connectivity index (χ2v) is 7.45. The summed E-state index contributed by atoms with van der Waals surface area (Å²) in [5.74, 6) is -2.47. The first kappa shape index (κ1) is 16.5. The molecule has 1 amide bonds. The fraction of sp³-hybridized carbons (Fsp3) is 0.136. The van der Waals surface area contributed by atoms with E-state index in [1.54, 1.807) is 30.1 Å². The molecule has 30 heavy (non-hydrogen) atoms. The third-order valence-corrected chi connectivity index (χ3v) is 5.21. The number of carbonyl (C=O) groups excluding carboxylic acids is 1. The van der Waals surface area contributed by atoms with Gasteiger partial charge >= 0.3 is 0 Å². The third-order valence-electron chi connectivity index (χ3n) is 5.00. The summed E-state index contributed by atoms with van der Waals surface area (Å²) in [4.78, 5) is 17.4. The molecule has 0 fully saturated rings. The SMILES string of the molecule is [2H]C1([2H])c2ncccc2C(=O)N1Cc1c(F)cc(-c2cc(Cl)cc3nn(C)cc23)cc1F. The Balaban J connectivity index is 1.56. The first-order valence-corrected chi connectivity index (χ1v) is 9.43. The zero-order valence-electron chi connectivity index (χ0n) is 17.7. The molecular formula is C22H15ClF2N4O. The largest absolute Gasteiger partial charge is 0.328 e. The Morgan fingerprint density at radius 2 is 1.97 bits per heavy atom. The fourth-order valence-corrected chi connectivity index (χ4v) is 3.83. The maximum atomic E-state index is 15.1. The van der Waals surface area contributed by atoms with Crippen molar-refractivity contribution in [1.29, 1.82) is 0 Å². The molecule has 0 radical (unpaired) electrons. The van der Waals surface area contributed by atoms with Gasteiger partial charge in [0.15, 0.2) is 0 Å². The van der Waals surface area contributed by atoms with Crippen LogP contribution in [0.5, 0.6) is 0 Å². The summed E-state index contributed by atoms with van der Waals surface area (Å²) in [5, 5.41) is 5.34. The molecule has 0 saturated heterocycles. The molecule has 0 atom stereocenters. The molecule has 0 aliphatic carbocycles. The van der Waals surface area contributed by atoms with Crippen molar-refractivity contribution in [3.05, 3.63) is 82.3 Å². The molecule has 0 N–H and O–H groups in total. The molecule has 1 aliphatic rings. The van der Waals surface area contributed by atoms with E-state index in [1.165, 1.54) is 18.3 Å². The fourth-order valence-electron chi connectivity index (χ4n) is 3.62. The quantitative estimate of drug-likeness (QED) is 0.476. The molecule has 5 nitrogen and oxygen atoms in total. The van der Waals surface area contributed by atoms with Gasteiger partial charge in [0, 0.05) is 35.4 Å². The van der Waals surface area contributed by atoms with Crippen molar-refractivity contribution in [3.63, 3.8) is 0 Å². The Morgan fingerprint density at radius 3 is 2.70 bits per heavy atom. The number of hydrogen-bond donors (Lipinski definition) is 0. The highest BCUT2D eigenvalue weighted by Gasteiger charge is 2.29. The van der Waals surface area contributed by atoms with Gasteiger partial charge in [-0.05, 0) is 47.5 Å². The molecule has 150 valence electrons. The van der Waals surface area contributed by atoms with Crippen LogP contribution in [-0.4, -0.2) is 25.6 Å². The van der Waals surface area contributed by atoms with E-state index in [0.717, 1.165) is 17.0 Å². The van der Waals surface area contributed by atoms with Crippen LogP contribution < -0.4 is 0 Å². The van der Waals surface area contributed by atoms with Crippen LogP contribution in [0.3, 0.4) is 0 Å². The highest BCUT2D eigenvalue weighted by atomic mass is 35.5. The van der Waals surface area contributed by atoms with Gasteiger partial charge in [-0.25, -0.2) is 8.78 Å². The Bertz CT molecular complexity index is 1400. The lowest BCUT2D eigenvalue weighted by Crippen LogP contribution is -2.24. The lowest BCUT2D eigenvalue weighted by molar-refractivity contribution is 0.0763. The monoisotopic (exact) mass is 426 g/mol. The van der Waals surface area contributed by atoms with E-state index in [0.29, 0.717) is 21.5 Å². The Morgan fingerprint density at radius 1 is 1.20 bits per heavy atom. The zero-order chi connectivity index (χ0) is 22.8. The number of pyridine rings is 1. The van der Waals surface area contributed by atoms with Crippen LogP contribution in [0.1, 0.15) is 24.4 Å². The van der Waals surface area contributed by atoms with Gasteiger partial charge in [0.25, 0.3) is 5.91 Å². The molecule has 0 unspecified atom stereocenters. The van der Waals surface area contributed by atoms with E-state index >= 15 is 8.78 Å². The second kappa shape index (κ2) is 6.88. The number of aryl methyl sites for hydroxylation is 1. The van der Waals surface area contributed by atoms with Crippen molar-refractivity contribution < 1.29 is 16.3 Å². The number of nitrogens with zero attached hydrogens (tertiary/aromatic N) is 4. The van der Waals surface area contributed by atoms with Crippen LogP contribution in [-0.2, 0) is 20.1 Å². The first-order chi connectivity index (χ1) is 15.2.